The van der Waals surface area contributed by atoms with Gasteiger partial charge in [0.15, 0.2) is 0 Å². The summed E-state index contributed by atoms with van der Waals surface area (Å²) in [6.45, 7) is 3.60. The van der Waals surface area contributed by atoms with E-state index >= 15 is 0 Å². The molecule has 18 heavy (non-hydrogen) atoms. The van der Waals surface area contributed by atoms with E-state index in [4.69, 9.17) is 0 Å². The summed E-state index contributed by atoms with van der Waals surface area (Å²) in [7, 11) is -3.58. The first-order valence-electron chi connectivity index (χ1n) is 5.46. The Morgan fingerprint density at radius 3 is 2.11 bits per heavy atom. The van der Waals surface area contributed by atoms with Crippen molar-refractivity contribution in [1.29, 1.82) is 0 Å². The van der Waals surface area contributed by atoms with E-state index in [2.05, 4.69) is 6.58 Å². The zero-order chi connectivity index (χ0) is 13.3. The average molecular weight is 242 g/mol. The van der Waals surface area contributed by atoms with E-state index in [0.717, 1.165) is 5.39 Å². The second-order valence-electron chi connectivity index (χ2n) is 3.97. The van der Waals surface area contributed by atoms with Crippen molar-refractivity contribution in [2.24, 2.45) is 0 Å². The smallest absolute Gasteiger partial charge is 0.423 e. The Bertz CT molecular complexity index is 596. The van der Waals surface area contributed by atoms with Crippen LogP contribution >= 0.6 is 0 Å². The third-order valence-electron chi connectivity index (χ3n) is 2.90. The minimum Gasteiger partial charge on any atom is -0.423 e. The Kier molecular flexibility index (Phi) is 3.54. The minimum absolute atomic E-state index is 0.0682. The van der Waals surface area contributed by atoms with E-state index in [1.807, 2.05) is 12.1 Å². The highest BCUT2D eigenvalue weighted by atomic mass is 16.4. The summed E-state index contributed by atoms with van der Waals surface area (Å²) in [6, 6.07) is 8.79. The van der Waals surface area contributed by atoms with Gasteiger partial charge in [-0.2, -0.15) is 0 Å². The van der Waals surface area contributed by atoms with Crippen LogP contribution in [0, 0.1) is 0 Å². The van der Waals surface area contributed by atoms with Crippen LogP contribution in [-0.4, -0.2) is 34.3 Å². The van der Waals surface area contributed by atoms with Crippen molar-refractivity contribution in [2.75, 3.05) is 0 Å². The van der Waals surface area contributed by atoms with Crippen molar-refractivity contribution in [3.63, 3.8) is 0 Å². The second-order valence-corrected chi connectivity index (χ2v) is 3.97. The van der Waals surface area contributed by atoms with Crippen LogP contribution < -0.4 is 10.9 Å². The lowest BCUT2D eigenvalue weighted by atomic mass is 9.62. The molecular formula is C12H12B2O4. The Balaban J connectivity index is 2.93. The van der Waals surface area contributed by atoms with Gasteiger partial charge in [-0.1, -0.05) is 36.9 Å². The number of rotatable bonds is 3. The third kappa shape index (κ3) is 2.07. The van der Waals surface area contributed by atoms with Crippen LogP contribution in [0.15, 0.2) is 36.9 Å². The zero-order valence-electron chi connectivity index (χ0n) is 9.61. The number of hydrogen-bond donors (Lipinski definition) is 4. The van der Waals surface area contributed by atoms with Gasteiger partial charge in [0.2, 0.25) is 0 Å². The molecule has 0 aliphatic heterocycles. The molecule has 4 nitrogen and oxygen atoms in total. The van der Waals surface area contributed by atoms with Crippen LogP contribution in [0.25, 0.3) is 16.8 Å². The van der Waals surface area contributed by atoms with Crippen molar-refractivity contribution in [1.82, 2.24) is 0 Å². The topological polar surface area (TPSA) is 80.9 Å². The summed E-state index contributed by atoms with van der Waals surface area (Å²) >= 11 is 0. The van der Waals surface area contributed by atoms with Crippen LogP contribution in [0.2, 0.25) is 0 Å². The molecule has 2 aromatic carbocycles. The Morgan fingerprint density at radius 1 is 0.944 bits per heavy atom. The molecule has 0 aliphatic rings. The van der Waals surface area contributed by atoms with Gasteiger partial charge in [-0.3, -0.25) is 0 Å². The lowest BCUT2D eigenvalue weighted by Crippen LogP contribution is -2.51. The van der Waals surface area contributed by atoms with Crippen molar-refractivity contribution in [3.05, 3.63) is 42.5 Å². The van der Waals surface area contributed by atoms with Crippen LogP contribution in [0.4, 0.5) is 0 Å². The van der Waals surface area contributed by atoms with Crippen LogP contribution in [0.5, 0.6) is 0 Å². The van der Waals surface area contributed by atoms with Crippen molar-refractivity contribution >= 4 is 42.0 Å². The fraction of sp³-hybridized carbons (Fsp3) is 0. The Morgan fingerprint density at radius 2 is 1.56 bits per heavy atom. The number of benzene rings is 2. The molecule has 90 valence electrons. The molecule has 0 aliphatic carbocycles. The summed E-state index contributed by atoms with van der Waals surface area (Å²) in [4.78, 5) is 0. The maximum atomic E-state index is 9.47. The lowest BCUT2D eigenvalue weighted by molar-refractivity contribution is 0.419. The maximum Gasteiger partial charge on any atom is 0.488 e. The summed E-state index contributed by atoms with van der Waals surface area (Å²) in [5, 5.41) is 39.1. The normalized spacial score (nSPS) is 10.4. The summed E-state index contributed by atoms with van der Waals surface area (Å²) in [5.41, 5.74) is 0.628. The molecule has 0 saturated carbocycles. The molecule has 0 amide bonds. The molecule has 0 saturated heterocycles. The van der Waals surface area contributed by atoms with E-state index < -0.39 is 14.2 Å². The molecule has 0 heterocycles. The standard InChI is InChI=1S/C12H12B2O4/c1-2-8-7-9-5-3-4-6-10(9)12(14(17)18)11(8)13(15)16/h2-7,15-18H,1H2. The molecule has 0 bridgehead atoms. The molecule has 6 heteroatoms. The van der Waals surface area contributed by atoms with Gasteiger partial charge < -0.3 is 20.1 Å². The highest BCUT2D eigenvalue weighted by Gasteiger charge is 2.27. The minimum atomic E-state index is -1.79. The van der Waals surface area contributed by atoms with Crippen LogP contribution in [-0.2, 0) is 0 Å². The van der Waals surface area contributed by atoms with Crippen molar-refractivity contribution in [3.8, 4) is 0 Å². The summed E-state index contributed by atoms with van der Waals surface area (Å²) in [5.74, 6) is 0. The van der Waals surface area contributed by atoms with Gasteiger partial charge in [0.25, 0.3) is 0 Å². The zero-order valence-corrected chi connectivity index (χ0v) is 9.61. The highest BCUT2D eigenvalue weighted by molar-refractivity contribution is 6.74. The molecular weight excluding hydrogens is 230 g/mol. The first-order valence-corrected chi connectivity index (χ1v) is 5.46. The van der Waals surface area contributed by atoms with Crippen molar-refractivity contribution in [2.45, 2.75) is 0 Å². The van der Waals surface area contributed by atoms with Gasteiger partial charge >= 0.3 is 14.2 Å². The van der Waals surface area contributed by atoms with Gasteiger partial charge in [0.1, 0.15) is 0 Å². The van der Waals surface area contributed by atoms with Gasteiger partial charge in [-0.15, -0.1) is 0 Å². The third-order valence-corrected chi connectivity index (χ3v) is 2.90. The van der Waals surface area contributed by atoms with E-state index in [-0.39, 0.29) is 10.9 Å². The summed E-state index contributed by atoms with van der Waals surface area (Å²) in [6.07, 6.45) is 1.45. The molecule has 4 N–H and O–H groups in total. The van der Waals surface area contributed by atoms with E-state index in [1.54, 1.807) is 18.2 Å². The molecule has 0 radical (unpaired) electrons. The maximum absolute atomic E-state index is 9.47. The highest BCUT2D eigenvalue weighted by Crippen LogP contribution is 2.14. The van der Waals surface area contributed by atoms with Gasteiger partial charge in [-0.25, -0.2) is 0 Å². The molecule has 2 rings (SSSR count). The van der Waals surface area contributed by atoms with E-state index in [1.165, 1.54) is 6.08 Å². The van der Waals surface area contributed by atoms with Gasteiger partial charge in [0, 0.05) is 0 Å². The average Bonchev–Trinajstić information content (AvgIpc) is 2.35. The number of fused-ring (bicyclic) bond motifs is 1. The Hall–Kier alpha value is -1.59. The first kappa shape index (κ1) is 12.9. The van der Waals surface area contributed by atoms with Crippen LogP contribution in [0.1, 0.15) is 5.56 Å². The second kappa shape index (κ2) is 4.96. The predicted octanol–water partition coefficient (Wildman–Crippen LogP) is -1.16. The van der Waals surface area contributed by atoms with Crippen LogP contribution in [0.3, 0.4) is 0 Å². The fourth-order valence-corrected chi connectivity index (χ4v) is 2.15. The molecule has 0 unspecified atom stereocenters. The summed E-state index contributed by atoms with van der Waals surface area (Å²) < 4.78 is 0. The van der Waals surface area contributed by atoms with Crippen molar-refractivity contribution < 1.29 is 20.1 Å². The molecule has 2 aromatic rings. The van der Waals surface area contributed by atoms with E-state index in [9.17, 15) is 20.1 Å². The van der Waals surface area contributed by atoms with Gasteiger partial charge in [0.05, 0.1) is 0 Å². The van der Waals surface area contributed by atoms with Gasteiger partial charge in [-0.05, 0) is 33.3 Å². The molecule has 0 spiro atoms. The fourth-order valence-electron chi connectivity index (χ4n) is 2.15. The monoisotopic (exact) mass is 242 g/mol. The SMILES string of the molecule is C=Cc1cc2ccccc2c(B(O)O)c1B(O)O. The first-order chi connectivity index (χ1) is 8.56. The largest absolute Gasteiger partial charge is 0.488 e. The predicted molar refractivity (Wildman–Crippen MR) is 73.7 cm³/mol. The molecule has 0 aromatic heterocycles. The quantitative estimate of drug-likeness (QED) is 0.512. The molecule has 0 atom stereocenters. The lowest BCUT2D eigenvalue weighted by Gasteiger charge is -2.15. The number of hydrogen-bond acceptors (Lipinski definition) is 4. The molecule has 0 fully saturated rings. The van der Waals surface area contributed by atoms with E-state index in [0.29, 0.717) is 10.9 Å². The Labute approximate surface area is 105 Å².